The van der Waals surface area contributed by atoms with Crippen LogP contribution in [0.2, 0.25) is 0 Å². The predicted octanol–water partition coefficient (Wildman–Crippen LogP) is 6.13. The number of aliphatic carboxylic acids is 1. The van der Waals surface area contributed by atoms with E-state index in [-0.39, 0.29) is 18.2 Å². The van der Waals surface area contributed by atoms with Gasteiger partial charge in [-0.15, -0.1) is 0 Å². The van der Waals surface area contributed by atoms with Gasteiger partial charge in [0.1, 0.15) is 0 Å². The van der Waals surface area contributed by atoms with Crippen molar-refractivity contribution in [1.82, 2.24) is 4.98 Å². The number of amides is 1. The average molecular weight is 487 g/mol. The minimum atomic E-state index is -0.824. The number of rotatable bonds is 10. The normalized spacial score (nSPS) is 14.5. The van der Waals surface area contributed by atoms with E-state index in [1.165, 1.54) is 0 Å². The van der Waals surface area contributed by atoms with E-state index in [2.05, 4.69) is 40.6 Å². The molecule has 0 unspecified atom stereocenters. The molecular weight excluding hydrogens is 452 g/mol. The van der Waals surface area contributed by atoms with Crippen LogP contribution >= 0.6 is 0 Å². The first-order valence-corrected chi connectivity index (χ1v) is 12.6. The van der Waals surface area contributed by atoms with Crippen LogP contribution in [0.5, 0.6) is 0 Å². The molecule has 2 N–H and O–H groups in total. The zero-order chi connectivity index (χ0) is 25.5. The van der Waals surface area contributed by atoms with Gasteiger partial charge in [-0.1, -0.05) is 49.2 Å². The number of nitrogens with zero attached hydrogens (tertiary/aromatic N) is 1. The minimum absolute atomic E-state index is 0.00288. The second-order valence-electron chi connectivity index (χ2n) is 9.63. The maximum atomic E-state index is 13.7. The Morgan fingerprint density at radius 1 is 1.08 bits per heavy atom. The van der Waals surface area contributed by atoms with Crippen LogP contribution in [-0.2, 0) is 27.4 Å². The Kier molecular flexibility index (Phi) is 8.49. The number of benzene rings is 2. The first kappa shape index (κ1) is 25.6. The first-order valence-electron chi connectivity index (χ1n) is 12.6. The Balaban J connectivity index is 1.57. The van der Waals surface area contributed by atoms with Gasteiger partial charge >= 0.3 is 5.97 Å². The number of carboxylic acid groups (broad SMARTS) is 1. The van der Waals surface area contributed by atoms with E-state index in [1.807, 2.05) is 31.3 Å². The molecule has 1 fully saturated rings. The fourth-order valence-corrected chi connectivity index (χ4v) is 5.24. The Morgan fingerprint density at radius 3 is 2.53 bits per heavy atom. The maximum absolute atomic E-state index is 13.7. The summed E-state index contributed by atoms with van der Waals surface area (Å²) in [5.41, 5.74) is 6.73. The van der Waals surface area contributed by atoms with Gasteiger partial charge in [0, 0.05) is 37.2 Å². The Morgan fingerprint density at radius 2 is 1.83 bits per heavy atom. The number of hydrogen-bond donors (Lipinski definition) is 2. The Hall–Kier alpha value is -3.51. The topological polar surface area (TPSA) is 88.5 Å². The van der Waals surface area contributed by atoms with Crippen molar-refractivity contribution in [2.75, 3.05) is 12.4 Å². The van der Waals surface area contributed by atoms with Crippen LogP contribution in [0.1, 0.15) is 60.3 Å². The van der Waals surface area contributed by atoms with Gasteiger partial charge < -0.3 is 15.2 Å². The summed E-state index contributed by atoms with van der Waals surface area (Å²) in [6.07, 6.45) is 8.54. The molecule has 1 amide bonds. The Bertz CT molecular complexity index is 1200. The third-order valence-corrected chi connectivity index (χ3v) is 7.17. The van der Waals surface area contributed by atoms with Crippen molar-refractivity contribution in [3.05, 3.63) is 83.2 Å². The van der Waals surface area contributed by atoms with Crippen LogP contribution < -0.4 is 5.32 Å². The second kappa shape index (κ2) is 12.0. The standard InChI is InChI=1S/C30H34N2O4/c1-20-22(14-15-28(33)34)8-5-9-27(20)32-30(35)29(24-6-3-4-7-24)25-12-10-23(11-13-25)26-16-21(19-36-2)17-31-18-26/h5,8-13,16-18,24,29H,3-4,6-7,14-15,19H2,1-2H3,(H,32,35)(H,33,34)/t29-/m1/s1. The van der Waals surface area contributed by atoms with Crippen molar-refractivity contribution in [3.8, 4) is 11.1 Å². The molecule has 1 aliphatic rings. The zero-order valence-electron chi connectivity index (χ0n) is 21.0. The van der Waals surface area contributed by atoms with Gasteiger partial charge in [-0.25, -0.2) is 0 Å². The lowest BCUT2D eigenvalue weighted by Crippen LogP contribution is -2.27. The number of anilines is 1. The van der Waals surface area contributed by atoms with Crippen LogP contribution in [-0.4, -0.2) is 29.1 Å². The fourth-order valence-electron chi connectivity index (χ4n) is 5.24. The number of ether oxygens (including phenoxy) is 1. The predicted molar refractivity (Wildman–Crippen MR) is 141 cm³/mol. The van der Waals surface area contributed by atoms with Crippen LogP contribution in [0.4, 0.5) is 5.69 Å². The van der Waals surface area contributed by atoms with E-state index < -0.39 is 5.97 Å². The van der Waals surface area contributed by atoms with Gasteiger partial charge in [-0.05, 0) is 72.1 Å². The molecule has 0 radical (unpaired) electrons. The molecule has 0 spiro atoms. The molecule has 1 aromatic heterocycles. The van der Waals surface area contributed by atoms with Gasteiger partial charge in [0.25, 0.3) is 0 Å². The van der Waals surface area contributed by atoms with E-state index in [9.17, 15) is 9.59 Å². The third kappa shape index (κ3) is 6.18. The second-order valence-corrected chi connectivity index (χ2v) is 9.63. The van der Waals surface area contributed by atoms with Crippen molar-refractivity contribution in [2.24, 2.45) is 5.92 Å². The number of hydrogen-bond acceptors (Lipinski definition) is 4. The molecule has 6 heteroatoms. The Labute approximate surface area is 212 Å². The molecule has 0 bridgehead atoms. The molecule has 1 heterocycles. The highest BCUT2D eigenvalue weighted by Crippen LogP contribution is 2.39. The number of carbonyl (C=O) groups excluding carboxylic acids is 1. The van der Waals surface area contributed by atoms with Gasteiger partial charge in [-0.2, -0.15) is 0 Å². The van der Waals surface area contributed by atoms with Crippen molar-refractivity contribution in [1.29, 1.82) is 0 Å². The number of nitrogens with one attached hydrogen (secondary N) is 1. The summed E-state index contributed by atoms with van der Waals surface area (Å²) in [5.74, 6) is -0.758. The number of methoxy groups -OCH3 is 1. The number of aryl methyl sites for hydroxylation is 1. The molecule has 2 aromatic carbocycles. The molecule has 1 saturated carbocycles. The highest BCUT2D eigenvalue weighted by Gasteiger charge is 2.32. The number of aromatic nitrogens is 1. The molecular formula is C30H34N2O4. The first-order chi connectivity index (χ1) is 17.5. The molecule has 0 aliphatic heterocycles. The van der Waals surface area contributed by atoms with Crippen LogP contribution in [0, 0.1) is 12.8 Å². The lowest BCUT2D eigenvalue weighted by atomic mass is 9.83. The molecule has 1 aliphatic carbocycles. The van der Waals surface area contributed by atoms with Crippen LogP contribution in [0.25, 0.3) is 11.1 Å². The summed E-state index contributed by atoms with van der Waals surface area (Å²) < 4.78 is 5.23. The summed E-state index contributed by atoms with van der Waals surface area (Å²) in [6, 6.07) is 16.0. The number of carboxylic acids is 1. The summed E-state index contributed by atoms with van der Waals surface area (Å²) >= 11 is 0. The molecule has 3 aromatic rings. The van der Waals surface area contributed by atoms with Gasteiger partial charge in [-0.3, -0.25) is 14.6 Å². The molecule has 1 atom stereocenters. The van der Waals surface area contributed by atoms with Crippen molar-refractivity contribution >= 4 is 17.6 Å². The van der Waals surface area contributed by atoms with E-state index in [1.54, 1.807) is 13.3 Å². The van der Waals surface area contributed by atoms with Crippen molar-refractivity contribution < 1.29 is 19.4 Å². The van der Waals surface area contributed by atoms with Gasteiger partial charge in [0.05, 0.1) is 12.5 Å². The molecule has 4 rings (SSSR count). The molecule has 36 heavy (non-hydrogen) atoms. The summed E-state index contributed by atoms with van der Waals surface area (Å²) in [6.45, 7) is 2.46. The quantitative estimate of drug-likeness (QED) is 0.360. The van der Waals surface area contributed by atoms with Crippen LogP contribution in [0.15, 0.2) is 60.9 Å². The van der Waals surface area contributed by atoms with E-state index in [4.69, 9.17) is 9.84 Å². The van der Waals surface area contributed by atoms with E-state index in [0.29, 0.717) is 18.9 Å². The maximum Gasteiger partial charge on any atom is 0.303 e. The largest absolute Gasteiger partial charge is 0.481 e. The van der Waals surface area contributed by atoms with Crippen LogP contribution in [0.3, 0.4) is 0 Å². The third-order valence-electron chi connectivity index (χ3n) is 7.17. The average Bonchev–Trinajstić information content (AvgIpc) is 3.40. The monoisotopic (exact) mass is 486 g/mol. The van der Waals surface area contributed by atoms with Crippen molar-refractivity contribution in [3.63, 3.8) is 0 Å². The summed E-state index contributed by atoms with van der Waals surface area (Å²) in [5, 5.41) is 12.2. The smallest absolute Gasteiger partial charge is 0.303 e. The molecule has 6 nitrogen and oxygen atoms in total. The van der Waals surface area contributed by atoms with Gasteiger partial charge in [0.2, 0.25) is 5.91 Å². The SMILES string of the molecule is COCc1cncc(-c2ccc([C@H](C(=O)Nc3cccc(CCC(=O)O)c3C)C3CCCC3)cc2)c1. The molecule has 0 saturated heterocycles. The lowest BCUT2D eigenvalue weighted by molar-refractivity contribution is -0.137. The number of carbonyl (C=O) groups is 2. The van der Waals surface area contributed by atoms with E-state index >= 15 is 0 Å². The highest BCUT2D eigenvalue weighted by atomic mass is 16.5. The zero-order valence-corrected chi connectivity index (χ0v) is 21.0. The van der Waals surface area contributed by atoms with Gasteiger partial charge in [0.15, 0.2) is 0 Å². The fraction of sp³-hybridized carbons (Fsp3) is 0.367. The summed E-state index contributed by atoms with van der Waals surface area (Å²) in [7, 11) is 1.67. The minimum Gasteiger partial charge on any atom is -0.481 e. The van der Waals surface area contributed by atoms with Crippen molar-refractivity contribution in [2.45, 2.75) is 58.0 Å². The molecule has 188 valence electrons. The lowest BCUT2D eigenvalue weighted by Gasteiger charge is -2.24. The summed E-state index contributed by atoms with van der Waals surface area (Å²) in [4.78, 5) is 29.0. The van der Waals surface area contributed by atoms with E-state index in [0.717, 1.165) is 64.8 Å². The highest BCUT2D eigenvalue weighted by molar-refractivity contribution is 5.97. The number of pyridine rings is 1.